The Kier molecular flexibility index (Phi) is 10.8. The molecule has 47 heavy (non-hydrogen) atoms. The smallest absolute Gasteiger partial charge is 0.247 e. The van der Waals surface area contributed by atoms with E-state index in [0.29, 0.717) is 66.0 Å². The molecule has 1 amide bonds. The lowest BCUT2D eigenvalue weighted by atomic mass is 9.94. The van der Waals surface area contributed by atoms with Gasteiger partial charge < -0.3 is 28.4 Å². The minimum absolute atomic E-state index is 0.213. The van der Waals surface area contributed by atoms with Crippen molar-refractivity contribution >= 4 is 22.5 Å². The highest BCUT2D eigenvalue weighted by molar-refractivity contribution is 6.08. The predicted octanol–water partition coefficient (Wildman–Crippen LogP) is 5.15. The number of nitrogens with zero attached hydrogens (tertiary/aromatic N) is 4. The molecule has 248 valence electrons. The molecule has 0 N–H and O–H groups in total. The van der Waals surface area contributed by atoms with Gasteiger partial charge in [0.1, 0.15) is 24.6 Å². The van der Waals surface area contributed by atoms with Crippen molar-refractivity contribution in [3.05, 3.63) is 83.8 Å². The van der Waals surface area contributed by atoms with Crippen LogP contribution in [0.25, 0.3) is 10.9 Å². The number of methoxy groups -OCH3 is 1. The summed E-state index contributed by atoms with van der Waals surface area (Å²) in [7, 11) is 1.61. The molecule has 6 rings (SSSR count). The number of hydrogen-bond acceptors (Lipinski definition) is 10. The third-order valence-electron chi connectivity index (χ3n) is 8.34. The number of ether oxygens (including phenoxy) is 6. The van der Waals surface area contributed by atoms with Crippen molar-refractivity contribution in [1.29, 1.82) is 0 Å². The second-order valence-corrected chi connectivity index (χ2v) is 11.3. The maximum absolute atomic E-state index is 14.4. The van der Waals surface area contributed by atoms with E-state index >= 15 is 0 Å². The molecule has 2 aliphatic rings. The van der Waals surface area contributed by atoms with Gasteiger partial charge in [0.05, 0.1) is 43.8 Å². The molecular weight excluding hydrogens is 600 g/mol. The third-order valence-corrected chi connectivity index (χ3v) is 8.34. The van der Waals surface area contributed by atoms with Crippen LogP contribution in [0.4, 0.5) is 5.69 Å². The summed E-state index contributed by atoms with van der Waals surface area (Å²) in [5.41, 5.74) is 3.66. The molecule has 0 aliphatic carbocycles. The van der Waals surface area contributed by atoms with Crippen LogP contribution in [0.2, 0.25) is 0 Å². The van der Waals surface area contributed by atoms with Crippen LogP contribution in [0.15, 0.2) is 67.0 Å². The number of morpholine rings is 1. The van der Waals surface area contributed by atoms with E-state index in [1.54, 1.807) is 12.0 Å². The SMILES string of the molecule is CCOC(OCC)N1C(=O)C(c2ncnc3cc(OCCCN4CCOCC4)c(OC)cc23)c2cc(OCc3ccccc3)ccc21. The number of fused-ring (bicyclic) bond motifs is 2. The van der Waals surface area contributed by atoms with Gasteiger partial charge in [0.25, 0.3) is 0 Å². The van der Waals surface area contributed by atoms with Gasteiger partial charge in [-0.15, -0.1) is 0 Å². The number of carbonyl (C=O) groups excluding carboxylic acids is 1. The van der Waals surface area contributed by atoms with Crippen molar-refractivity contribution in [2.45, 2.75) is 39.2 Å². The summed E-state index contributed by atoms with van der Waals surface area (Å²) in [5, 5.41) is 0.691. The molecule has 1 atom stereocenters. The minimum Gasteiger partial charge on any atom is -0.493 e. The number of rotatable bonds is 15. The number of anilines is 1. The van der Waals surface area contributed by atoms with Crippen LogP contribution in [0.1, 0.15) is 43.0 Å². The first kappa shape index (κ1) is 32.6. The van der Waals surface area contributed by atoms with E-state index in [-0.39, 0.29) is 5.91 Å². The molecule has 0 spiro atoms. The van der Waals surface area contributed by atoms with Crippen molar-refractivity contribution in [2.24, 2.45) is 0 Å². The highest BCUT2D eigenvalue weighted by atomic mass is 16.7. The normalized spacial score (nSPS) is 16.6. The average molecular weight is 643 g/mol. The Bertz CT molecular complexity index is 1640. The summed E-state index contributed by atoms with van der Waals surface area (Å²) >= 11 is 0. The zero-order chi connectivity index (χ0) is 32.6. The molecule has 11 heteroatoms. The average Bonchev–Trinajstić information content (AvgIpc) is 3.39. The Labute approximate surface area is 275 Å². The monoisotopic (exact) mass is 642 g/mol. The number of carbonyl (C=O) groups is 1. The summed E-state index contributed by atoms with van der Waals surface area (Å²) < 4.78 is 35.4. The summed E-state index contributed by atoms with van der Waals surface area (Å²) in [5.74, 6) is 0.804. The molecule has 3 aromatic carbocycles. The molecule has 1 fully saturated rings. The molecule has 0 bridgehead atoms. The predicted molar refractivity (Wildman–Crippen MR) is 177 cm³/mol. The Morgan fingerprint density at radius 2 is 1.72 bits per heavy atom. The van der Waals surface area contributed by atoms with Gasteiger partial charge in [-0.2, -0.15) is 0 Å². The van der Waals surface area contributed by atoms with Crippen molar-refractivity contribution in [1.82, 2.24) is 14.9 Å². The van der Waals surface area contributed by atoms with E-state index in [9.17, 15) is 4.79 Å². The van der Waals surface area contributed by atoms with E-state index in [1.807, 2.05) is 74.5 Å². The van der Waals surface area contributed by atoms with E-state index in [4.69, 9.17) is 28.4 Å². The number of benzene rings is 3. The van der Waals surface area contributed by atoms with Gasteiger partial charge in [-0.25, -0.2) is 9.97 Å². The lowest BCUT2D eigenvalue weighted by Crippen LogP contribution is -2.42. The fraction of sp³-hybridized carbons (Fsp3) is 0.417. The minimum atomic E-state index is -0.891. The first-order valence-electron chi connectivity index (χ1n) is 16.2. The third kappa shape index (κ3) is 7.33. The number of aromatic nitrogens is 2. The van der Waals surface area contributed by atoms with Gasteiger partial charge in [-0.3, -0.25) is 14.6 Å². The molecule has 4 aromatic rings. The summed E-state index contributed by atoms with van der Waals surface area (Å²) in [6.07, 6.45) is 1.47. The molecule has 1 aromatic heterocycles. The van der Waals surface area contributed by atoms with Crippen LogP contribution in [-0.4, -0.2) is 87.0 Å². The lowest BCUT2D eigenvalue weighted by molar-refractivity contribution is -0.149. The van der Waals surface area contributed by atoms with E-state index in [2.05, 4.69) is 14.9 Å². The van der Waals surface area contributed by atoms with Crippen LogP contribution < -0.4 is 19.1 Å². The van der Waals surface area contributed by atoms with Crippen LogP contribution >= 0.6 is 0 Å². The Balaban J connectivity index is 1.32. The number of hydrogen-bond donors (Lipinski definition) is 0. The van der Waals surface area contributed by atoms with Crippen LogP contribution in [0.3, 0.4) is 0 Å². The second kappa shape index (κ2) is 15.5. The summed E-state index contributed by atoms with van der Waals surface area (Å²) in [6.45, 7) is 9.77. The highest BCUT2D eigenvalue weighted by Gasteiger charge is 2.44. The lowest BCUT2D eigenvalue weighted by Gasteiger charge is -2.28. The fourth-order valence-electron chi connectivity index (χ4n) is 6.05. The van der Waals surface area contributed by atoms with E-state index < -0.39 is 12.3 Å². The largest absolute Gasteiger partial charge is 0.493 e. The van der Waals surface area contributed by atoms with E-state index in [0.717, 1.165) is 50.4 Å². The van der Waals surface area contributed by atoms with Gasteiger partial charge in [0.2, 0.25) is 12.3 Å². The van der Waals surface area contributed by atoms with Gasteiger partial charge in [-0.05, 0) is 55.7 Å². The molecule has 3 heterocycles. The standard InChI is InChI=1S/C36H42N4O7/c1-4-44-36(45-5-2)40-30-13-12-26(47-23-25-10-7-6-8-11-25)20-28(30)33(35(40)41)34-27-21-31(42-3)32(22-29(27)37-24-38-34)46-17-9-14-39-15-18-43-19-16-39/h6-8,10-13,20-22,24,33,36H,4-5,9,14-19,23H2,1-3H3. The molecule has 2 aliphatic heterocycles. The quantitative estimate of drug-likeness (QED) is 0.128. The Morgan fingerprint density at radius 1 is 0.936 bits per heavy atom. The molecule has 0 saturated carbocycles. The first-order chi connectivity index (χ1) is 23.1. The summed E-state index contributed by atoms with van der Waals surface area (Å²) in [6, 6.07) is 19.3. The molecule has 0 radical (unpaired) electrons. The van der Waals surface area contributed by atoms with Gasteiger partial charge in [-0.1, -0.05) is 30.3 Å². The van der Waals surface area contributed by atoms with Crippen molar-refractivity contribution in [3.63, 3.8) is 0 Å². The highest BCUT2D eigenvalue weighted by Crippen LogP contribution is 2.46. The van der Waals surface area contributed by atoms with Gasteiger partial charge in [0.15, 0.2) is 11.5 Å². The zero-order valence-corrected chi connectivity index (χ0v) is 27.2. The second-order valence-electron chi connectivity index (χ2n) is 11.3. The van der Waals surface area contributed by atoms with Gasteiger partial charge >= 0.3 is 0 Å². The molecule has 1 unspecified atom stereocenters. The van der Waals surface area contributed by atoms with Gasteiger partial charge in [0, 0.05) is 44.3 Å². The fourth-order valence-corrected chi connectivity index (χ4v) is 6.05. The van der Waals surface area contributed by atoms with Crippen molar-refractivity contribution in [3.8, 4) is 17.2 Å². The molecular formula is C36H42N4O7. The van der Waals surface area contributed by atoms with Crippen LogP contribution in [0, 0.1) is 0 Å². The maximum atomic E-state index is 14.4. The van der Waals surface area contributed by atoms with E-state index in [1.165, 1.54) is 6.33 Å². The Morgan fingerprint density at radius 3 is 2.47 bits per heavy atom. The molecule has 11 nitrogen and oxygen atoms in total. The van der Waals surface area contributed by atoms with Crippen molar-refractivity contribution in [2.75, 3.05) is 64.7 Å². The Hall–Kier alpha value is -4.29. The van der Waals surface area contributed by atoms with Crippen LogP contribution in [0.5, 0.6) is 17.2 Å². The molecule has 1 saturated heterocycles. The maximum Gasteiger partial charge on any atom is 0.247 e. The zero-order valence-electron chi connectivity index (χ0n) is 27.2. The van der Waals surface area contributed by atoms with Crippen LogP contribution in [-0.2, 0) is 25.6 Å². The topological polar surface area (TPSA) is 105 Å². The van der Waals surface area contributed by atoms with Crippen molar-refractivity contribution < 1.29 is 33.2 Å². The summed E-state index contributed by atoms with van der Waals surface area (Å²) in [4.78, 5) is 27.6. The number of amides is 1. The first-order valence-corrected chi connectivity index (χ1v) is 16.2.